The summed E-state index contributed by atoms with van der Waals surface area (Å²) in [6.07, 6.45) is 0. The van der Waals surface area contributed by atoms with Gasteiger partial charge in [0, 0.05) is 65.4 Å². The second-order valence-electron chi connectivity index (χ2n) is 6.58. The topological polar surface area (TPSA) is 78.1 Å². The van der Waals surface area contributed by atoms with Crippen molar-refractivity contribution in [2.75, 3.05) is 78.7 Å². The maximum absolute atomic E-state index is 9.06. The molecule has 4 heterocycles. The quantitative estimate of drug-likeness (QED) is 0.472. The number of β-amino-alcohol motifs (C(OH)–C–C–N with tert-alkyl or cyclic N) is 2. The molecule has 8 nitrogen and oxygen atoms in total. The van der Waals surface area contributed by atoms with Gasteiger partial charge in [-0.1, -0.05) is 0 Å². The molecule has 2 N–H and O–H groups in total. The van der Waals surface area contributed by atoms with Gasteiger partial charge < -0.3 is 20.0 Å². The van der Waals surface area contributed by atoms with Crippen LogP contribution in [0.25, 0.3) is 0 Å². The van der Waals surface area contributed by atoms with Crippen LogP contribution in [-0.2, 0) is 0 Å². The van der Waals surface area contributed by atoms with Crippen LogP contribution in [-0.4, -0.2) is 124 Å². The van der Waals surface area contributed by atoms with Crippen LogP contribution in [0.4, 0.5) is 0 Å². The van der Waals surface area contributed by atoms with Crippen LogP contribution in [0.2, 0.25) is 0 Å². The molecule has 0 bridgehead atoms. The standard InChI is InChI=1S/C15H26N6O2S3/c22-11-9-18-1-5-20(6-2-18)14-16-13-17-15(25-26(13)24-14)21-7-3-19(4-8-21)10-12-23/h22-23H,1-12H2. The number of rotatable bonds is 4. The van der Waals surface area contributed by atoms with E-state index in [4.69, 9.17) is 20.2 Å². The van der Waals surface area contributed by atoms with Gasteiger partial charge in [0.2, 0.25) is 5.11 Å². The molecule has 0 amide bonds. The molecule has 0 aromatic rings. The van der Waals surface area contributed by atoms with E-state index in [1.165, 1.54) is 0 Å². The molecule has 2 fully saturated rings. The molecule has 4 aliphatic heterocycles. The fourth-order valence-corrected chi connectivity index (χ4v) is 9.16. The summed E-state index contributed by atoms with van der Waals surface area (Å²) in [5, 5.41) is 21.3. The molecule has 2 saturated heterocycles. The molecule has 4 aliphatic rings. The number of aliphatic hydroxyl groups is 2. The minimum Gasteiger partial charge on any atom is -0.395 e. The van der Waals surface area contributed by atoms with Crippen molar-refractivity contribution in [1.29, 1.82) is 0 Å². The highest BCUT2D eigenvalue weighted by Gasteiger charge is 2.33. The fourth-order valence-electron chi connectivity index (χ4n) is 3.38. The lowest BCUT2D eigenvalue weighted by molar-refractivity contribution is 0.148. The van der Waals surface area contributed by atoms with Crippen LogP contribution in [0, 0.1) is 0 Å². The lowest BCUT2D eigenvalue weighted by atomic mass is 10.3. The van der Waals surface area contributed by atoms with Crippen LogP contribution in [0.15, 0.2) is 9.98 Å². The molecule has 0 aliphatic carbocycles. The molecule has 0 saturated carbocycles. The monoisotopic (exact) mass is 418 g/mol. The van der Waals surface area contributed by atoms with Gasteiger partial charge in [0.1, 0.15) is 0 Å². The predicted octanol–water partition coefficient (Wildman–Crippen LogP) is -0.402. The van der Waals surface area contributed by atoms with E-state index in [9.17, 15) is 0 Å². The number of hydrogen-bond acceptors (Lipinski definition) is 10. The third-order valence-electron chi connectivity index (χ3n) is 4.95. The van der Waals surface area contributed by atoms with Crippen molar-refractivity contribution in [2.24, 2.45) is 9.98 Å². The minimum absolute atomic E-state index is 0.00364. The van der Waals surface area contributed by atoms with Gasteiger partial charge in [-0.05, 0) is 30.1 Å². The highest BCUT2D eigenvalue weighted by atomic mass is 33.5. The zero-order chi connectivity index (χ0) is 17.9. The summed E-state index contributed by atoms with van der Waals surface area (Å²) >= 11 is 0. The molecule has 0 atom stereocenters. The molecule has 26 heavy (non-hydrogen) atoms. The molecule has 11 heteroatoms. The Bertz CT molecular complexity index is 563. The first-order chi connectivity index (χ1) is 12.8. The smallest absolute Gasteiger partial charge is 0.203 e. The Labute approximate surface area is 164 Å². The Morgan fingerprint density at radius 1 is 0.731 bits per heavy atom. The first kappa shape index (κ1) is 19.0. The second-order valence-corrected chi connectivity index (χ2v) is 12.1. The third-order valence-corrected chi connectivity index (χ3v) is 10.7. The van der Waals surface area contributed by atoms with E-state index in [1.54, 1.807) is 0 Å². The summed E-state index contributed by atoms with van der Waals surface area (Å²) in [6.45, 7) is 9.87. The Morgan fingerprint density at radius 3 is 1.50 bits per heavy atom. The number of aliphatic imine (C=N–C) groups is 2. The van der Waals surface area contributed by atoms with E-state index < -0.39 is 0 Å². The lowest BCUT2D eigenvalue weighted by Gasteiger charge is -2.36. The van der Waals surface area contributed by atoms with Gasteiger partial charge in [0.05, 0.1) is 13.2 Å². The summed E-state index contributed by atoms with van der Waals surface area (Å²) in [5.74, 6) is 0. The van der Waals surface area contributed by atoms with E-state index in [0.717, 1.165) is 80.9 Å². The molecular formula is C15H26N6O2S3. The SMILES string of the molecule is OCCN1CCN(C2=NC3=S(S2)SC(N2CCN(CCO)CC2)=N3)CC1. The van der Waals surface area contributed by atoms with Crippen molar-refractivity contribution >= 4 is 45.6 Å². The number of piperazine rings is 2. The maximum atomic E-state index is 9.06. The Hall–Kier alpha value is -0.300. The zero-order valence-corrected chi connectivity index (χ0v) is 17.2. The Morgan fingerprint density at radius 2 is 1.15 bits per heavy atom. The molecule has 0 unspecified atom stereocenters. The summed E-state index contributed by atoms with van der Waals surface area (Å²) in [4.78, 5) is 19.0. The third kappa shape index (κ3) is 4.23. The van der Waals surface area contributed by atoms with E-state index in [1.807, 2.05) is 21.6 Å². The number of hydrogen-bond donors (Lipinski definition) is 2. The highest BCUT2D eigenvalue weighted by molar-refractivity contribution is 9.21. The molecule has 4 rings (SSSR count). The maximum Gasteiger partial charge on any atom is 0.203 e. The van der Waals surface area contributed by atoms with Crippen LogP contribution in [0.3, 0.4) is 0 Å². The summed E-state index contributed by atoms with van der Waals surface area (Å²) < 4.78 is 0. The van der Waals surface area contributed by atoms with Gasteiger partial charge >= 0.3 is 0 Å². The molecule has 0 radical (unpaired) electrons. The number of aliphatic hydroxyl groups excluding tert-OH is 2. The van der Waals surface area contributed by atoms with E-state index in [2.05, 4.69) is 19.6 Å². The normalized spacial score (nSPS) is 25.7. The van der Waals surface area contributed by atoms with Gasteiger partial charge in [-0.25, -0.2) is 0 Å². The van der Waals surface area contributed by atoms with Crippen LogP contribution in [0.1, 0.15) is 0 Å². The van der Waals surface area contributed by atoms with Crippen LogP contribution in [0.5, 0.6) is 0 Å². The average molecular weight is 419 g/mol. The molecule has 0 spiro atoms. The van der Waals surface area contributed by atoms with E-state index in [-0.39, 0.29) is 21.8 Å². The first-order valence-corrected chi connectivity index (χ1v) is 13.0. The minimum atomic E-state index is -0.00364. The van der Waals surface area contributed by atoms with Crippen LogP contribution < -0.4 is 0 Å². The van der Waals surface area contributed by atoms with Gasteiger partial charge in [-0.3, -0.25) is 9.80 Å². The van der Waals surface area contributed by atoms with Crippen molar-refractivity contribution in [3.63, 3.8) is 0 Å². The predicted molar refractivity (Wildman–Crippen MR) is 113 cm³/mol. The van der Waals surface area contributed by atoms with Gasteiger partial charge in [0.25, 0.3) is 0 Å². The molecule has 0 aromatic carbocycles. The Kier molecular flexibility index (Phi) is 6.44. The average Bonchev–Trinajstić information content (AvgIpc) is 3.23. The van der Waals surface area contributed by atoms with Gasteiger partial charge in [-0.2, -0.15) is 9.98 Å². The van der Waals surface area contributed by atoms with Crippen molar-refractivity contribution in [1.82, 2.24) is 19.6 Å². The number of nitrogens with zero attached hydrogens (tertiary/aromatic N) is 6. The largest absolute Gasteiger partial charge is 0.395 e. The first-order valence-electron chi connectivity index (χ1n) is 9.08. The van der Waals surface area contributed by atoms with Crippen molar-refractivity contribution in [3.8, 4) is 0 Å². The summed E-state index contributed by atoms with van der Waals surface area (Å²) in [7, 11) is 3.71. The molecule has 146 valence electrons. The van der Waals surface area contributed by atoms with Gasteiger partial charge in [0.15, 0.2) is 10.3 Å². The van der Waals surface area contributed by atoms with Crippen LogP contribution >= 0.6 is 30.1 Å². The molecule has 0 aromatic heterocycles. The Balaban J connectivity index is 1.29. The van der Waals surface area contributed by atoms with Gasteiger partial charge in [-0.15, -0.1) is 0 Å². The number of amidine groups is 2. The zero-order valence-electron chi connectivity index (χ0n) is 14.8. The second kappa shape index (κ2) is 8.80. The molecular weight excluding hydrogens is 392 g/mol. The van der Waals surface area contributed by atoms with Crippen molar-refractivity contribution < 1.29 is 10.2 Å². The summed E-state index contributed by atoms with van der Waals surface area (Å²) in [5.41, 5.74) is 0. The highest BCUT2D eigenvalue weighted by Crippen LogP contribution is 2.54. The van der Waals surface area contributed by atoms with E-state index >= 15 is 0 Å². The lowest BCUT2D eigenvalue weighted by Crippen LogP contribution is -2.48. The fraction of sp³-hybridized carbons (Fsp3) is 0.800. The van der Waals surface area contributed by atoms with Crippen molar-refractivity contribution in [3.05, 3.63) is 0 Å². The summed E-state index contributed by atoms with van der Waals surface area (Å²) in [6, 6.07) is 0. The van der Waals surface area contributed by atoms with Crippen molar-refractivity contribution in [2.45, 2.75) is 0 Å². The van der Waals surface area contributed by atoms with E-state index in [0.29, 0.717) is 0 Å².